The number of unbranched alkanes of at least 4 members (excludes halogenated alkanes) is 2. The highest BCUT2D eigenvalue weighted by molar-refractivity contribution is 5.15. The lowest BCUT2D eigenvalue weighted by Crippen LogP contribution is -2.37. The summed E-state index contributed by atoms with van der Waals surface area (Å²) in [7, 11) is 0. The van der Waals surface area contributed by atoms with Crippen LogP contribution in [0.2, 0.25) is 0 Å². The lowest BCUT2D eigenvalue weighted by molar-refractivity contribution is 0.191. The molecule has 108 valence electrons. The van der Waals surface area contributed by atoms with Gasteiger partial charge in [0, 0.05) is 6.04 Å². The molecule has 19 heavy (non-hydrogen) atoms. The molecule has 0 bridgehead atoms. The largest absolute Gasteiger partial charge is 0.300 e. The zero-order valence-corrected chi connectivity index (χ0v) is 13.1. The van der Waals surface area contributed by atoms with Gasteiger partial charge < -0.3 is 4.90 Å². The molecule has 1 atom stereocenters. The minimum Gasteiger partial charge on any atom is -0.300 e. The van der Waals surface area contributed by atoms with Crippen LogP contribution in [0.5, 0.6) is 0 Å². The first-order valence-corrected chi connectivity index (χ1v) is 8.09. The predicted molar refractivity (Wildman–Crippen MR) is 85.6 cm³/mol. The Morgan fingerprint density at radius 1 is 0.947 bits per heavy atom. The van der Waals surface area contributed by atoms with Crippen LogP contribution >= 0.6 is 0 Å². The third-order valence-electron chi connectivity index (χ3n) is 3.89. The minimum atomic E-state index is 0.721. The Kier molecular flexibility index (Phi) is 8.57. The first kappa shape index (κ1) is 16.2. The summed E-state index contributed by atoms with van der Waals surface area (Å²) < 4.78 is 0. The molecule has 0 radical (unpaired) electrons. The van der Waals surface area contributed by atoms with Gasteiger partial charge in [0.15, 0.2) is 0 Å². The Morgan fingerprint density at radius 2 is 1.68 bits per heavy atom. The first-order chi connectivity index (χ1) is 9.31. The second-order valence-corrected chi connectivity index (χ2v) is 5.47. The van der Waals surface area contributed by atoms with Crippen LogP contribution in [-0.2, 0) is 6.42 Å². The lowest BCUT2D eigenvalue weighted by atomic mass is 9.98. The van der Waals surface area contributed by atoms with E-state index < -0.39 is 0 Å². The summed E-state index contributed by atoms with van der Waals surface area (Å²) >= 11 is 0. The Labute approximate surface area is 120 Å². The summed E-state index contributed by atoms with van der Waals surface area (Å²) in [5.74, 6) is 0. The number of benzene rings is 1. The average Bonchev–Trinajstić information content (AvgIpc) is 2.45. The van der Waals surface area contributed by atoms with E-state index in [0.29, 0.717) is 0 Å². The standard InChI is InChI=1S/C18H31N/c1-4-7-9-14-18(19(6-3)15-5-2)16-17-12-10-8-11-13-17/h8,10-13,18H,4-7,9,14-16H2,1-3H3. The Morgan fingerprint density at radius 3 is 2.26 bits per heavy atom. The predicted octanol–water partition coefficient (Wildman–Crippen LogP) is 4.91. The van der Waals surface area contributed by atoms with Crippen LogP contribution in [0, 0.1) is 0 Å². The second-order valence-electron chi connectivity index (χ2n) is 5.47. The highest BCUT2D eigenvalue weighted by Gasteiger charge is 2.16. The van der Waals surface area contributed by atoms with E-state index in [1.54, 1.807) is 0 Å². The molecule has 0 spiro atoms. The van der Waals surface area contributed by atoms with E-state index in [1.807, 2.05) is 0 Å². The number of likely N-dealkylation sites (N-methyl/N-ethyl adjacent to an activating group) is 1. The topological polar surface area (TPSA) is 3.24 Å². The SMILES string of the molecule is CCCCCC(Cc1ccccc1)N(CC)CCC. The van der Waals surface area contributed by atoms with Gasteiger partial charge in [-0.3, -0.25) is 0 Å². The molecule has 1 unspecified atom stereocenters. The van der Waals surface area contributed by atoms with Crippen LogP contribution < -0.4 is 0 Å². The van der Waals surface area contributed by atoms with Crippen molar-refractivity contribution < 1.29 is 0 Å². The molecule has 1 aromatic rings. The van der Waals surface area contributed by atoms with Crippen molar-refractivity contribution in [2.45, 2.75) is 65.3 Å². The van der Waals surface area contributed by atoms with Crippen molar-refractivity contribution in [1.82, 2.24) is 4.90 Å². The van der Waals surface area contributed by atoms with Gasteiger partial charge in [-0.2, -0.15) is 0 Å². The van der Waals surface area contributed by atoms with Gasteiger partial charge in [-0.05, 0) is 37.9 Å². The number of hydrogen-bond donors (Lipinski definition) is 0. The van der Waals surface area contributed by atoms with Gasteiger partial charge >= 0.3 is 0 Å². The second kappa shape index (κ2) is 10.0. The monoisotopic (exact) mass is 261 g/mol. The molecule has 1 nitrogen and oxygen atoms in total. The van der Waals surface area contributed by atoms with Gasteiger partial charge in [-0.1, -0.05) is 70.4 Å². The van der Waals surface area contributed by atoms with Crippen molar-refractivity contribution in [2.75, 3.05) is 13.1 Å². The molecular formula is C18H31N. The Hall–Kier alpha value is -0.820. The molecular weight excluding hydrogens is 230 g/mol. The highest BCUT2D eigenvalue weighted by Crippen LogP contribution is 2.16. The quantitative estimate of drug-likeness (QED) is 0.541. The summed E-state index contributed by atoms with van der Waals surface area (Å²) in [5, 5.41) is 0. The average molecular weight is 261 g/mol. The maximum absolute atomic E-state index is 2.67. The normalized spacial score (nSPS) is 12.8. The van der Waals surface area contributed by atoms with Gasteiger partial charge in [-0.15, -0.1) is 0 Å². The molecule has 0 aliphatic rings. The molecule has 0 saturated carbocycles. The fourth-order valence-electron chi connectivity index (χ4n) is 2.82. The van der Waals surface area contributed by atoms with Crippen molar-refractivity contribution in [1.29, 1.82) is 0 Å². The van der Waals surface area contributed by atoms with Gasteiger partial charge in [0.2, 0.25) is 0 Å². The smallest absolute Gasteiger partial charge is 0.0135 e. The third kappa shape index (κ3) is 6.24. The zero-order chi connectivity index (χ0) is 13.9. The van der Waals surface area contributed by atoms with Gasteiger partial charge in [0.05, 0.1) is 0 Å². The van der Waals surface area contributed by atoms with Crippen molar-refractivity contribution in [3.63, 3.8) is 0 Å². The van der Waals surface area contributed by atoms with Crippen LogP contribution in [0.15, 0.2) is 30.3 Å². The van der Waals surface area contributed by atoms with Crippen LogP contribution in [0.1, 0.15) is 58.4 Å². The number of hydrogen-bond acceptors (Lipinski definition) is 1. The summed E-state index contributed by atoms with van der Waals surface area (Å²) in [6.07, 6.45) is 7.86. The fourth-order valence-corrected chi connectivity index (χ4v) is 2.82. The van der Waals surface area contributed by atoms with Gasteiger partial charge in [-0.25, -0.2) is 0 Å². The summed E-state index contributed by atoms with van der Waals surface area (Å²) in [6, 6.07) is 11.7. The summed E-state index contributed by atoms with van der Waals surface area (Å²) in [5.41, 5.74) is 1.48. The van der Waals surface area contributed by atoms with Crippen molar-refractivity contribution >= 4 is 0 Å². The van der Waals surface area contributed by atoms with E-state index in [0.717, 1.165) is 6.04 Å². The molecule has 0 N–H and O–H groups in total. The maximum Gasteiger partial charge on any atom is 0.0135 e. The van der Waals surface area contributed by atoms with Crippen molar-refractivity contribution in [2.24, 2.45) is 0 Å². The van der Waals surface area contributed by atoms with E-state index in [-0.39, 0.29) is 0 Å². The van der Waals surface area contributed by atoms with E-state index in [9.17, 15) is 0 Å². The maximum atomic E-state index is 2.67. The number of rotatable bonds is 10. The first-order valence-electron chi connectivity index (χ1n) is 8.09. The summed E-state index contributed by atoms with van der Waals surface area (Å²) in [4.78, 5) is 2.67. The van der Waals surface area contributed by atoms with Crippen molar-refractivity contribution in [3.8, 4) is 0 Å². The molecule has 1 heteroatoms. The van der Waals surface area contributed by atoms with Crippen LogP contribution in [0.25, 0.3) is 0 Å². The van der Waals surface area contributed by atoms with Crippen LogP contribution in [0.3, 0.4) is 0 Å². The zero-order valence-electron chi connectivity index (χ0n) is 13.1. The van der Waals surface area contributed by atoms with Crippen LogP contribution in [-0.4, -0.2) is 24.0 Å². The third-order valence-corrected chi connectivity index (χ3v) is 3.89. The Bertz CT molecular complexity index is 307. The molecule has 1 rings (SSSR count). The van der Waals surface area contributed by atoms with E-state index >= 15 is 0 Å². The highest BCUT2D eigenvalue weighted by atomic mass is 15.1. The lowest BCUT2D eigenvalue weighted by Gasteiger charge is -2.31. The fraction of sp³-hybridized carbons (Fsp3) is 0.667. The van der Waals surface area contributed by atoms with E-state index in [1.165, 1.54) is 57.2 Å². The van der Waals surface area contributed by atoms with Gasteiger partial charge in [0.1, 0.15) is 0 Å². The van der Waals surface area contributed by atoms with Gasteiger partial charge in [0.25, 0.3) is 0 Å². The molecule has 0 heterocycles. The molecule has 0 aliphatic heterocycles. The summed E-state index contributed by atoms with van der Waals surface area (Å²) in [6.45, 7) is 9.29. The number of nitrogens with zero attached hydrogens (tertiary/aromatic N) is 1. The molecule has 1 aromatic carbocycles. The molecule has 0 aromatic heterocycles. The van der Waals surface area contributed by atoms with E-state index in [4.69, 9.17) is 0 Å². The van der Waals surface area contributed by atoms with E-state index in [2.05, 4.69) is 56.0 Å². The minimum absolute atomic E-state index is 0.721. The van der Waals surface area contributed by atoms with Crippen molar-refractivity contribution in [3.05, 3.63) is 35.9 Å². The van der Waals surface area contributed by atoms with Crippen LogP contribution in [0.4, 0.5) is 0 Å². The molecule has 0 saturated heterocycles. The molecule has 0 aliphatic carbocycles. The Balaban J connectivity index is 2.61. The molecule has 0 fully saturated rings. The molecule has 0 amide bonds.